The van der Waals surface area contributed by atoms with Crippen LogP contribution in [0.25, 0.3) is 0 Å². The summed E-state index contributed by atoms with van der Waals surface area (Å²) in [4.78, 5) is 2.33. The molecule has 1 aromatic carbocycles. The fourth-order valence-corrected chi connectivity index (χ4v) is 2.12. The molecule has 90 valence electrons. The Hall–Kier alpha value is -0.380. The number of rotatable bonds is 5. The highest BCUT2D eigenvalue weighted by atomic mass is 79.9. The lowest BCUT2D eigenvalue weighted by molar-refractivity contribution is 0.131. The number of halogens is 1. The zero-order valence-corrected chi connectivity index (χ0v) is 11.9. The van der Waals surface area contributed by atoms with Crippen LogP contribution in [0.2, 0.25) is 0 Å². The first-order chi connectivity index (χ1) is 7.51. The van der Waals surface area contributed by atoms with E-state index in [9.17, 15) is 0 Å². The molecule has 1 aromatic rings. The van der Waals surface area contributed by atoms with Gasteiger partial charge in [-0.15, -0.1) is 0 Å². The van der Waals surface area contributed by atoms with Crippen LogP contribution in [0.4, 0.5) is 0 Å². The van der Waals surface area contributed by atoms with Gasteiger partial charge in [0.05, 0.1) is 0 Å². The second-order valence-electron chi connectivity index (χ2n) is 4.54. The third-order valence-electron chi connectivity index (χ3n) is 3.43. The Kier molecular flexibility index (Phi) is 4.96. The van der Waals surface area contributed by atoms with Gasteiger partial charge < -0.3 is 5.73 Å². The smallest absolute Gasteiger partial charge is 0.0301 e. The predicted molar refractivity (Wildman–Crippen MR) is 73.4 cm³/mol. The van der Waals surface area contributed by atoms with E-state index in [4.69, 9.17) is 5.73 Å². The number of nitrogens with zero attached hydrogens (tertiary/aromatic N) is 1. The summed E-state index contributed by atoms with van der Waals surface area (Å²) >= 11 is 3.49. The lowest BCUT2D eigenvalue weighted by Gasteiger charge is -2.37. The van der Waals surface area contributed by atoms with E-state index in [1.807, 2.05) is 6.07 Å². The van der Waals surface area contributed by atoms with Crippen LogP contribution in [-0.2, 0) is 6.54 Å². The Morgan fingerprint density at radius 1 is 1.44 bits per heavy atom. The monoisotopic (exact) mass is 284 g/mol. The summed E-state index contributed by atoms with van der Waals surface area (Å²) in [5.41, 5.74) is 7.25. The minimum atomic E-state index is 0.0856. The quantitative estimate of drug-likeness (QED) is 0.901. The minimum Gasteiger partial charge on any atom is -0.329 e. The van der Waals surface area contributed by atoms with Crippen molar-refractivity contribution in [2.24, 2.45) is 5.73 Å². The Bertz CT molecular complexity index is 334. The van der Waals surface area contributed by atoms with Crippen molar-refractivity contribution in [3.63, 3.8) is 0 Å². The number of likely N-dealkylation sites (N-methyl/N-ethyl adjacent to an activating group) is 1. The Labute approximate surface area is 107 Å². The highest BCUT2D eigenvalue weighted by Gasteiger charge is 2.25. The molecule has 0 radical (unpaired) electrons. The lowest BCUT2D eigenvalue weighted by Crippen LogP contribution is -2.48. The van der Waals surface area contributed by atoms with Gasteiger partial charge in [0.25, 0.3) is 0 Å². The molecule has 2 N–H and O–H groups in total. The Morgan fingerprint density at radius 3 is 2.62 bits per heavy atom. The van der Waals surface area contributed by atoms with E-state index in [1.165, 1.54) is 5.56 Å². The van der Waals surface area contributed by atoms with Crippen molar-refractivity contribution in [1.82, 2.24) is 4.90 Å². The van der Waals surface area contributed by atoms with E-state index in [-0.39, 0.29) is 5.54 Å². The molecule has 0 aliphatic heterocycles. The second kappa shape index (κ2) is 5.80. The molecular weight excluding hydrogens is 264 g/mol. The zero-order valence-electron chi connectivity index (χ0n) is 10.3. The van der Waals surface area contributed by atoms with E-state index in [2.05, 4.69) is 59.9 Å². The largest absolute Gasteiger partial charge is 0.329 e. The van der Waals surface area contributed by atoms with Crippen LogP contribution in [0.1, 0.15) is 25.8 Å². The fraction of sp³-hybridized carbons (Fsp3) is 0.538. The van der Waals surface area contributed by atoms with Crippen molar-refractivity contribution < 1.29 is 0 Å². The Morgan fingerprint density at radius 2 is 2.12 bits per heavy atom. The van der Waals surface area contributed by atoms with Gasteiger partial charge in [-0.05, 0) is 38.1 Å². The number of benzene rings is 1. The number of hydrogen-bond acceptors (Lipinski definition) is 2. The summed E-state index contributed by atoms with van der Waals surface area (Å²) in [7, 11) is 2.14. The maximum Gasteiger partial charge on any atom is 0.0301 e. The average molecular weight is 285 g/mol. The van der Waals surface area contributed by atoms with Crippen LogP contribution in [0.15, 0.2) is 28.7 Å². The topological polar surface area (TPSA) is 29.3 Å². The molecular formula is C13H21BrN2. The molecule has 2 nitrogen and oxygen atoms in total. The van der Waals surface area contributed by atoms with Gasteiger partial charge in [-0.25, -0.2) is 0 Å². The van der Waals surface area contributed by atoms with Crippen LogP contribution in [0.3, 0.4) is 0 Å². The fourth-order valence-electron chi connectivity index (χ4n) is 1.67. The molecule has 3 heteroatoms. The molecule has 0 fully saturated rings. The van der Waals surface area contributed by atoms with E-state index in [0.717, 1.165) is 17.4 Å². The van der Waals surface area contributed by atoms with Gasteiger partial charge >= 0.3 is 0 Å². The molecule has 0 aromatic heterocycles. The highest BCUT2D eigenvalue weighted by Crippen LogP contribution is 2.20. The molecule has 1 unspecified atom stereocenters. The predicted octanol–water partition coefficient (Wildman–Crippen LogP) is 3.01. The normalized spacial score (nSPS) is 15.1. The van der Waals surface area contributed by atoms with Gasteiger partial charge in [-0.2, -0.15) is 0 Å². The van der Waals surface area contributed by atoms with E-state index in [0.29, 0.717) is 6.54 Å². The molecule has 16 heavy (non-hydrogen) atoms. The van der Waals surface area contributed by atoms with Crippen molar-refractivity contribution >= 4 is 15.9 Å². The lowest BCUT2D eigenvalue weighted by atomic mass is 9.96. The molecule has 0 amide bonds. The van der Waals surface area contributed by atoms with Gasteiger partial charge in [-0.1, -0.05) is 35.0 Å². The van der Waals surface area contributed by atoms with E-state index in [1.54, 1.807) is 0 Å². The number of hydrogen-bond donors (Lipinski definition) is 1. The summed E-state index contributed by atoms with van der Waals surface area (Å²) in [5, 5.41) is 0. The molecule has 0 aliphatic carbocycles. The molecule has 0 spiro atoms. The highest BCUT2D eigenvalue weighted by molar-refractivity contribution is 9.10. The van der Waals surface area contributed by atoms with Gasteiger partial charge in [-0.3, -0.25) is 4.90 Å². The molecule has 1 rings (SSSR count). The SMILES string of the molecule is CCC(C)(CN)N(C)Cc1cccc(Br)c1. The molecule has 1 atom stereocenters. The number of nitrogens with two attached hydrogens (primary N) is 1. The zero-order chi connectivity index (χ0) is 12.2. The van der Waals surface area contributed by atoms with Crippen molar-refractivity contribution in [3.05, 3.63) is 34.3 Å². The summed E-state index contributed by atoms with van der Waals surface area (Å²) in [5.74, 6) is 0. The molecule has 0 aliphatic rings. The van der Waals surface area contributed by atoms with Gasteiger partial charge in [0.1, 0.15) is 0 Å². The van der Waals surface area contributed by atoms with Crippen molar-refractivity contribution in [1.29, 1.82) is 0 Å². The summed E-state index contributed by atoms with van der Waals surface area (Å²) in [6.07, 6.45) is 1.06. The standard InChI is InChI=1S/C13H21BrN2/c1-4-13(2,10-15)16(3)9-11-6-5-7-12(14)8-11/h5-8H,4,9-10,15H2,1-3H3. The third kappa shape index (κ3) is 3.30. The maximum absolute atomic E-state index is 5.85. The third-order valence-corrected chi connectivity index (χ3v) is 3.92. The van der Waals surface area contributed by atoms with Crippen molar-refractivity contribution in [2.45, 2.75) is 32.4 Å². The van der Waals surface area contributed by atoms with Crippen LogP contribution in [-0.4, -0.2) is 24.0 Å². The first kappa shape index (κ1) is 13.7. The second-order valence-corrected chi connectivity index (χ2v) is 5.46. The first-order valence-electron chi connectivity index (χ1n) is 5.67. The summed E-state index contributed by atoms with van der Waals surface area (Å²) in [6.45, 7) is 6.02. The first-order valence-corrected chi connectivity index (χ1v) is 6.47. The maximum atomic E-state index is 5.85. The minimum absolute atomic E-state index is 0.0856. The summed E-state index contributed by atoms with van der Waals surface area (Å²) in [6, 6.07) is 8.42. The summed E-state index contributed by atoms with van der Waals surface area (Å²) < 4.78 is 1.13. The van der Waals surface area contributed by atoms with E-state index < -0.39 is 0 Å². The van der Waals surface area contributed by atoms with Crippen molar-refractivity contribution in [3.8, 4) is 0 Å². The van der Waals surface area contributed by atoms with Crippen LogP contribution >= 0.6 is 15.9 Å². The van der Waals surface area contributed by atoms with Gasteiger partial charge in [0.15, 0.2) is 0 Å². The van der Waals surface area contributed by atoms with Crippen LogP contribution < -0.4 is 5.73 Å². The molecule has 0 saturated carbocycles. The van der Waals surface area contributed by atoms with Crippen LogP contribution in [0, 0.1) is 0 Å². The van der Waals surface area contributed by atoms with E-state index >= 15 is 0 Å². The Balaban J connectivity index is 2.74. The van der Waals surface area contributed by atoms with Crippen molar-refractivity contribution in [2.75, 3.05) is 13.6 Å². The van der Waals surface area contributed by atoms with Gasteiger partial charge in [0, 0.05) is 23.1 Å². The molecule has 0 heterocycles. The molecule has 0 saturated heterocycles. The van der Waals surface area contributed by atoms with Crippen LogP contribution in [0.5, 0.6) is 0 Å². The molecule has 0 bridgehead atoms. The van der Waals surface area contributed by atoms with Gasteiger partial charge in [0.2, 0.25) is 0 Å². The average Bonchev–Trinajstić information content (AvgIpc) is 2.28.